The number of nitrogens with one attached hydrogen (secondary N) is 3. The van der Waals surface area contributed by atoms with Crippen molar-refractivity contribution in [1.82, 2.24) is 49.7 Å². The number of halogens is 3. The second-order valence-electron chi connectivity index (χ2n) is 17.9. The first-order valence-electron chi connectivity index (χ1n) is 22.4. The van der Waals surface area contributed by atoms with Crippen molar-refractivity contribution in [2.75, 3.05) is 62.8 Å². The van der Waals surface area contributed by atoms with Gasteiger partial charge in [-0.25, -0.2) is 22.7 Å². The Morgan fingerprint density at radius 1 is 1.05 bits per heavy atom. The average molecular weight is 897 g/mol. The molecule has 3 N–H and O–H groups in total. The summed E-state index contributed by atoms with van der Waals surface area (Å²) in [5, 5.41) is 22.6. The molecule has 5 aromatic rings. The van der Waals surface area contributed by atoms with Gasteiger partial charge in [0.05, 0.1) is 66.0 Å². The smallest absolute Gasteiger partial charge is 0.284 e. The number of carbonyl (C=O) groups excluding carboxylic acids is 3. The maximum absolute atomic E-state index is 15.5. The second-order valence-corrected chi connectivity index (χ2v) is 17.9. The lowest BCUT2D eigenvalue weighted by molar-refractivity contribution is -0.134. The van der Waals surface area contributed by atoms with E-state index in [1.165, 1.54) is 16.9 Å². The SMILES string of the molecule is Cn1nc(C2CCC(=O)NC2=O)c2cccc(C#CCO[C@H]3CCN(C[C@H]4CC[C@H](n5cc(NC(=O)c6cnn7ccc(N8CC(NC9COC9)C8)nc67)c(C(F)F)n5)CC4)C[C@H]3F)c21. The fourth-order valence-electron chi connectivity index (χ4n) is 9.89. The number of benzene rings is 1. The van der Waals surface area contributed by atoms with Gasteiger partial charge in [0.1, 0.15) is 24.2 Å². The van der Waals surface area contributed by atoms with Crippen LogP contribution in [-0.2, 0) is 26.1 Å². The van der Waals surface area contributed by atoms with E-state index in [0.29, 0.717) is 73.0 Å². The number of alkyl halides is 3. The number of amides is 3. The maximum atomic E-state index is 15.5. The van der Waals surface area contributed by atoms with Crippen molar-refractivity contribution in [2.24, 2.45) is 13.0 Å². The fourth-order valence-corrected chi connectivity index (χ4v) is 9.89. The molecule has 1 unspecified atom stereocenters. The first kappa shape index (κ1) is 43.0. The van der Waals surface area contributed by atoms with Crippen LogP contribution in [0.3, 0.4) is 0 Å². The predicted molar refractivity (Wildman–Crippen MR) is 231 cm³/mol. The highest BCUT2D eigenvalue weighted by molar-refractivity contribution is 6.08. The molecule has 8 heterocycles. The molecular weight excluding hydrogens is 846 g/mol. The molecule has 17 nitrogen and oxygen atoms in total. The lowest BCUT2D eigenvalue weighted by Crippen LogP contribution is -2.63. The number of fused-ring (bicyclic) bond motifs is 2. The van der Waals surface area contributed by atoms with E-state index in [-0.39, 0.29) is 48.7 Å². The van der Waals surface area contributed by atoms with E-state index < -0.39 is 36.2 Å². The minimum absolute atomic E-state index is 0.0456. The Kier molecular flexibility index (Phi) is 12.0. The van der Waals surface area contributed by atoms with E-state index in [2.05, 4.69) is 52.9 Å². The minimum Gasteiger partial charge on any atom is -0.378 e. The van der Waals surface area contributed by atoms with Crippen LogP contribution in [-0.4, -0.2) is 134 Å². The van der Waals surface area contributed by atoms with Crippen LogP contribution in [0.2, 0.25) is 0 Å². The third kappa shape index (κ3) is 8.94. The van der Waals surface area contributed by atoms with Crippen LogP contribution in [0.5, 0.6) is 0 Å². The third-order valence-electron chi connectivity index (χ3n) is 13.5. The minimum atomic E-state index is -2.90. The van der Waals surface area contributed by atoms with E-state index in [1.54, 1.807) is 22.6 Å². The van der Waals surface area contributed by atoms with Gasteiger partial charge in [-0.15, -0.1) is 0 Å². The summed E-state index contributed by atoms with van der Waals surface area (Å²) in [6.07, 6.45) is 4.25. The number of likely N-dealkylation sites (tertiary alicyclic amines) is 1. The quantitative estimate of drug-likeness (QED) is 0.122. The molecule has 4 aromatic heterocycles. The molecule has 65 heavy (non-hydrogen) atoms. The van der Waals surface area contributed by atoms with Gasteiger partial charge in [0.15, 0.2) is 11.3 Å². The molecule has 5 fully saturated rings. The summed E-state index contributed by atoms with van der Waals surface area (Å²) in [6.45, 7) is 4.72. The van der Waals surface area contributed by atoms with Crippen molar-refractivity contribution in [2.45, 2.75) is 87.7 Å². The van der Waals surface area contributed by atoms with Crippen molar-refractivity contribution in [3.8, 4) is 11.8 Å². The Morgan fingerprint density at radius 3 is 2.63 bits per heavy atom. The summed E-state index contributed by atoms with van der Waals surface area (Å²) >= 11 is 0. The summed E-state index contributed by atoms with van der Waals surface area (Å²) in [5.41, 5.74) is 2.07. The number of piperidine rings is 2. The Morgan fingerprint density at radius 2 is 1.88 bits per heavy atom. The van der Waals surface area contributed by atoms with Gasteiger partial charge in [-0.2, -0.15) is 15.3 Å². The van der Waals surface area contributed by atoms with E-state index in [9.17, 15) is 23.2 Å². The zero-order valence-electron chi connectivity index (χ0n) is 36.0. The highest BCUT2D eigenvalue weighted by Gasteiger charge is 2.35. The largest absolute Gasteiger partial charge is 0.378 e. The van der Waals surface area contributed by atoms with Crippen molar-refractivity contribution >= 4 is 45.8 Å². The number of rotatable bonds is 12. The van der Waals surface area contributed by atoms with Gasteiger partial charge in [0.25, 0.3) is 12.3 Å². The molecule has 3 amide bonds. The topological polar surface area (TPSA) is 178 Å². The predicted octanol–water partition coefficient (Wildman–Crippen LogP) is 3.91. The van der Waals surface area contributed by atoms with E-state index in [0.717, 1.165) is 56.6 Å². The lowest BCUT2D eigenvalue weighted by atomic mass is 9.85. The molecule has 5 aliphatic rings. The molecular formula is C45H51F3N12O5. The van der Waals surface area contributed by atoms with Crippen molar-refractivity contribution in [3.05, 3.63) is 65.4 Å². The molecule has 0 radical (unpaired) electrons. The maximum Gasteiger partial charge on any atom is 0.284 e. The van der Waals surface area contributed by atoms with E-state index >= 15 is 4.39 Å². The Hall–Kier alpha value is -5.88. The molecule has 342 valence electrons. The van der Waals surface area contributed by atoms with Gasteiger partial charge in [-0.05, 0) is 56.6 Å². The van der Waals surface area contributed by atoms with Gasteiger partial charge >= 0.3 is 0 Å². The zero-order valence-corrected chi connectivity index (χ0v) is 36.0. The number of para-hydroxylation sites is 1. The summed E-state index contributed by atoms with van der Waals surface area (Å²) < 4.78 is 60.0. The molecule has 3 atom stereocenters. The highest BCUT2D eigenvalue weighted by atomic mass is 19.3. The van der Waals surface area contributed by atoms with Crippen LogP contribution in [0.15, 0.2) is 42.9 Å². The molecule has 20 heteroatoms. The first-order chi connectivity index (χ1) is 31.5. The van der Waals surface area contributed by atoms with Gasteiger partial charge < -0.3 is 25.0 Å². The second kappa shape index (κ2) is 18.2. The Bertz CT molecular complexity index is 2660. The molecule has 1 aromatic carbocycles. The summed E-state index contributed by atoms with van der Waals surface area (Å²) in [4.78, 5) is 46.7. The van der Waals surface area contributed by atoms with Crippen LogP contribution in [0.4, 0.5) is 24.7 Å². The summed E-state index contributed by atoms with van der Waals surface area (Å²) in [7, 11) is 1.79. The number of ether oxygens (including phenoxy) is 2. The third-order valence-corrected chi connectivity index (χ3v) is 13.5. The molecule has 1 aliphatic carbocycles. The van der Waals surface area contributed by atoms with Gasteiger partial charge in [0, 0.05) is 70.0 Å². The number of aryl methyl sites for hydroxylation is 1. The number of aromatic nitrogens is 7. The first-order valence-corrected chi connectivity index (χ1v) is 22.4. The van der Waals surface area contributed by atoms with Gasteiger partial charge in [-0.1, -0.05) is 24.0 Å². The van der Waals surface area contributed by atoms with Gasteiger partial charge in [0.2, 0.25) is 11.8 Å². The molecule has 0 bridgehead atoms. The fraction of sp³-hybridized carbons (Fsp3) is 0.533. The number of nitrogens with zero attached hydrogens (tertiary/aromatic N) is 9. The Balaban J connectivity index is 0.695. The monoisotopic (exact) mass is 896 g/mol. The zero-order chi connectivity index (χ0) is 44.8. The molecule has 4 aliphatic heterocycles. The number of hydrogen-bond acceptors (Lipinski definition) is 12. The van der Waals surface area contributed by atoms with Crippen LogP contribution in [0, 0.1) is 17.8 Å². The van der Waals surface area contributed by atoms with E-state index in [4.69, 9.17) is 14.5 Å². The standard InChI is InChI=1S/C45H51F3N12O5/c1-56-41-27(4-2-6-31(41)39(54-56)32-11-12-38(61)53-44(32)62)5-3-17-65-36-13-15-57(22-34(36)46)19-26-7-9-30(10-8-26)60-23-35(40(55-60)42(47)48)51-45(63)33-18-49-59-16-14-37(52-43(33)59)58-20-28(21-58)50-29-24-64-25-29/h2,4,6,14,16,18,23,26,28-30,32,34,36,42,50H,7-13,15,17,19-22,24-25H2,1H3,(H,51,63)(H,53,61,62)/t26-,30-,32?,34-,36+/m1/s1. The number of anilines is 2. The van der Waals surface area contributed by atoms with Crippen LogP contribution in [0.25, 0.3) is 16.6 Å². The number of hydrogen-bond donors (Lipinski definition) is 3. The number of imide groups is 1. The summed E-state index contributed by atoms with van der Waals surface area (Å²) in [5.74, 6) is 5.47. The van der Waals surface area contributed by atoms with Crippen molar-refractivity contribution < 1.29 is 37.0 Å². The average Bonchev–Trinajstić information content (AvgIpc) is 3.98. The lowest BCUT2D eigenvalue weighted by Gasteiger charge is -2.43. The van der Waals surface area contributed by atoms with Crippen molar-refractivity contribution in [1.29, 1.82) is 0 Å². The number of carbonyl (C=O) groups is 3. The van der Waals surface area contributed by atoms with E-state index in [1.807, 2.05) is 24.3 Å². The molecule has 10 rings (SSSR count). The summed E-state index contributed by atoms with van der Waals surface area (Å²) in [6, 6.07) is 8.05. The van der Waals surface area contributed by atoms with Gasteiger partial charge in [-0.3, -0.25) is 34.0 Å². The normalized spacial score (nSPS) is 24.5. The van der Waals surface area contributed by atoms with Crippen LogP contribution in [0.1, 0.15) is 90.6 Å². The van der Waals surface area contributed by atoms with Crippen LogP contribution >= 0.6 is 0 Å². The Labute approximate surface area is 372 Å². The highest BCUT2D eigenvalue weighted by Crippen LogP contribution is 2.36. The van der Waals surface area contributed by atoms with Crippen molar-refractivity contribution in [3.63, 3.8) is 0 Å². The van der Waals surface area contributed by atoms with Crippen LogP contribution < -0.4 is 20.9 Å². The molecule has 4 saturated heterocycles. The molecule has 0 spiro atoms. The molecule has 1 saturated carbocycles.